The minimum atomic E-state index is -0.562. The summed E-state index contributed by atoms with van der Waals surface area (Å²) in [5, 5.41) is 11.6. The second-order valence-electron chi connectivity index (χ2n) is 3.32. The van der Waals surface area contributed by atoms with Gasteiger partial charge < -0.3 is 10.8 Å². The molecule has 2 rings (SSSR count). The number of aromatic hydroxyl groups is 1. The minimum absolute atomic E-state index is 0.0259. The number of benzene rings is 1. The van der Waals surface area contributed by atoms with E-state index in [1.54, 1.807) is 0 Å². The van der Waals surface area contributed by atoms with Gasteiger partial charge in [-0.3, -0.25) is 0 Å². The van der Waals surface area contributed by atoms with Gasteiger partial charge in [-0.15, -0.1) is 11.3 Å². The Bertz CT molecular complexity index is 501. The molecule has 2 nitrogen and oxygen atoms in total. The molecule has 2 aromatic rings. The molecule has 1 atom stereocenters. The molecular weight excluding hydrogens is 249 g/mol. The lowest BCUT2D eigenvalue weighted by atomic mass is 10.0. The maximum Gasteiger partial charge on any atom is 0.139 e. The monoisotopic (exact) mass is 257 g/mol. The average molecular weight is 258 g/mol. The Balaban J connectivity index is 2.48. The predicted molar refractivity (Wildman–Crippen MR) is 63.4 cm³/mol. The molecule has 1 aromatic heterocycles. The van der Waals surface area contributed by atoms with E-state index in [1.165, 1.54) is 17.4 Å². The van der Waals surface area contributed by atoms with Crippen molar-refractivity contribution in [1.82, 2.24) is 0 Å². The number of nitrogens with two attached hydrogens (primary N) is 1. The maximum absolute atomic E-state index is 13.2. The van der Waals surface area contributed by atoms with Crippen molar-refractivity contribution in [2.75, 3.05) is 0 Å². The molecular formula is C11H9ClFNOS. The van der Waals surface area contributed by atoms with Crippen LogP contribution in [-0.2, 0) is 0 Å². The van der Waals surface area contributed by atoms with Crippen LogP contribution in [0.3, 0.4) is 0 Å². The van der Waals surface area contributed by atoms with Gasteiger partial charge in [-0.05, 0) is 23.6 Å². The number of hydrogen-bond acceptors (Lipinski definition) is 3. The lowest BCUT2D eigenvalue weighted by Gasteiger charge is -2.13. The fourth-order valence-corrected chi connectivity index (χ4v) is 2.40. The van der Waals surface area contributed by atoms with Gasteiger partial charge in [-0.1, -0.05) is 17.7 Å². The number of phenols is 1. The summed E-state index contributed by atoms with van der Waals surface area (Å²) in [6.45, 7) is 0. The van der Waals surface area contributed by atoms with E-state index >= 15 is 0 Å². The number of halogens is 2. The highest BCUT2D eigenvalue weighted by atomic mass is 35.5. The Morgan fingerprint density at radius 1 is 1.44 bits per heavy atom. The zero-order valence-corrected chi connectivity index (χ0v) is 9.73. The fourth-order valence-electron chi connectivity index (χ4n) is 1.44. The predicted octanol–water partition coefficient (Wildman–Crippen LogP) is 3.29. The van der Waals surface area contributed by atoms with Gasteiger partial charge >= 0.3 is 0 Å². The van der Waals surface area contributed by atoms with Gasteiger partial charge in [0.1, 0.15) is 11.6 Å². The van der Waals surface area contributed by atoms with E-state index < -0.39 is 11.9 Å². The Hall–Kier alpha value is -1.10. The molecule has 5 heteroatoms. The molecule has 0 aliphatic carbocycles. The molecule has 0 spiro atoms. The number of hydrogen-bond donors (Lipinski definition) is 2. The summed E-state index contributed by atoms with van der Waals surface area (Å²) in [4.78, 5) is 0.844. The van der Waals surface area contributed by atoms with E-state index in [4.69, 9.17) is 17.3 Å². The highest BCUT2D eigenvalue weighted by Gasteiger charge is 2.17. The Morgan fingerprint density at radius 2 is 2.19 bits per heavy atom. The van der Waals surface area contributed by atoms with Crippen molar-refractivity contribution in [3.8, 4) is 5.75 Å². The van der Waals surface area contributed by atoms with Gasteiger partial charge in [0, 0.05) is 10.4 Å². The van der Waals surface area contributed by atoms with Crippen molar-refractivity contribution < 1.29 is 9.50 Å². The smallest absolute Gasteiger partial charge is 0.139 e. The third-order valence-electron chi connectivity index (χ3n) is 2.24. The number of phenolic OH excluding ortho intramolecular Hbond substituents is 1. The van der Waals surface area contributed by atoms with Crippen LogP contribution in [-0.4, -0.2) is 5.11 Å². The fraction of sp³-hybridized carbons (Fsp3) is 0.0909. The van der Waals surface area contributed by atoms with Crippen LogP contribution in [0.4, 0.5) is 4.39 Å². The molecule has 0 bridgehead atoms. The first-order valence-electron chi connectivity index (χ1n) is 4.56. The van der Waals surface area contributed by atoms with Gasteiger partial charge in [0.15, 0.2) is 0 Å². The molecule has 0 radical (unpaired) electrons. The van der Waals surface area contributed by atoms with E-state index in [0.29, 0.717) is 5.56 Å². The number of rotatable bonds is 2. The molecule has 0 aliphatic rings. The standard InChI is InChI=1S/C11H9ClFNOS/c12-8-5-6(13)4-7(11(8)15)10(14)9-2-1-3-16-9/h1-5,10,15H,14H2/t10-/m1/s1. The largest absolute Gasteiger partial charge is 0.506 e. The van der Waals surface area contributed by atoms with Crippen LogP contribution < -0.4 is 5.73 Å². The van der Waals surface area contributed by atoms with E-state index in [2.05, 4.69) is 0 Å². The normalized spacial score (nSPS) is 12.7. The SMILES string of the molecule is N[C@@H](c1cccs1)c1cc(F)cc(Cl)c1O. The van der Waals surface area contributed by atoms with Crippen molar-refractivity contribution in [1.29, 1.82) is 0 Å². The van der Waals surface area contributed by atoms with Crippen LogP contribution in [0.25, 0.3) is 0 Å². The lowest BCUT2D eigenvalue weighted by molar-refractivity contribution is 0.463. The Kier molecular flexibility index (Phi) is 3.14. The third kappa shape index (κ3) is 2.04. The first-order valence-corrected chi connectivity index (χ1v) is 5.82. The van der Waals surface area contributed by atoms with Crippen LogP contribution in [0, 0.1) is 5.82 Å². The number of thiophene rings is 1. The van der Waals surface area contributed by atoms with Crippen molar-refractivity contribution >= 4 is 22.9 Å². The van der Waals surface area contributed by atoms with Gasteiger partial charge in [0.25, 0.3) is 0 Å². The van der Waals surface area contributed by atoms with E-state index in [-0.39, 0.29) is 10.8 Å². The molecule has 1 aromatic carbocycles. The molecule has 16 heavy (non-hydrogen) atoms. The van der Waals surface area contributed by atoms with Crippen molar-refractivity contribution in [3.63, 3.8) is 0 Å². The second-order valence-corrected chi connectivity index (χ2v) is 4.71. The molecule has 84 valence electrons. The van der Waals surface area contributed by atoms with Crippen LogP contribution in [0.1, 0.15) is 16.5 Å². The van der Waals surface area contributed by atoms with Crippen LogP contribution >= 0.6 is 22.9 Å². The van der Waals surface area contributed by atoms with E-state index in [0.717, 1.165) is 10.9 Å². The first kappa shape index (κ1) is 11.4. The van der Waals surface area contributed by atoms with Crippen molar-refractivity contribution in [3.05, 3.63) is 50.9 Å². The second kappa shape index (κ2) is 4.41. The zero-order chi connectivity index (χ0) is 11.7. The van der Waals surface area contributed by atoms with Crippen molar-refractivity contribution in [2.45, 2.75) is 6.04 Å². The zero-order valence-electron chi connectivity index (χ0n) is 8.15. The van der Waals surface area contributed by atoms with E-state index in [9.17, 15) is 9.50 Å². The summed E-state index contributed by atoms with van der Waals surface area (Å²) in [5.74, 6) is -0.672. The van der Waals surface area contributed by atoms with E-state index in [1.807, 2.05) is 17.5 Å². The molecule has 0 unspecified atom stereocenters. The molecule has 0 amide bonds. The van der Waals surface area contributed by atoms with Gasteiger partial charge in [-0.25, -0.2) is 4.39 Å². The molecule has 0 fully saturated rings. The highest BCUT2D eigenvalue weighted by Crippen LogP contribution is 2.35. The molecule has 0 saturated carbocycles. The molecule has 3 N–H and O–H groups in total. The summed E-state index contributed by atoms with van der Waals surface area (Å²) < 4.78 is 13.2. The van der Waals surface area contributed by atoms with Gasteiger partial charge in [0.05, 0.1) is 11.1 Å². The lowest BCUT2D eigenvalue weighted by Crippen LogP contribution is -2.10. The van der Waals surface area contributed by atoms with Crippen molar-refractivity contribution in [2.24, 2.45) is 5.73 Å². The van der Waals surface area contributed by atoms with Gasteiger partial charge in [-0.2, -0.15) is 0 Å². The Labute approximate surface area is 101 Å². The summed E-state index contributed by atoms with van der Waals surface area (Å²) in [6.07, 6.45) is 0. The van der Waals surface area contributed by atoms with Gasteiger partial charge in [0.2, 0.25) is 0 Å². The first-order chi connectivity index (χ1) is 7.59. The summed E-state index contributed by atoms with van der Waals surface area (Å²) in [6, 6.07) is 5.37. The maximum atomic E-state index is 13.2. The molecule has 1 heterocycles. The molecule has 0 aliphatic heterocycles. The summed E-state index contributed by atoms with van der Waals surface area (Å²) in [5.41, 5.74) is 6.22. The third-order valence-corrected chi connectivity index (χ3v) is 3.49. The quantitative estimate of drug-likeness (QED) is 0.867. The summed E-state index contributed by atoms with van der Waals surface area (Å²) in [7, 11) is 0. The topological polar surface area (TPSA) is 46.2 Å². The highest BCUT2D eigenvalue weighted by molar-refractivity contribution is 7.10. The summed E-state index contributed by atoms with van der Waals surface area (Å²) >= 11 is 7.13. The molecule has 0 saturated heterocycles. The van der Waals surface area contributed by atoms with Crippen LogP contribution in [0.5, 0.6) is 5.75 Å². The van der Waals surface area contributed by atoms with Crippen LogP contribution in [0.15, 0.2) is 29.6 Å². The van der Waals surface area contributed by atoms with Crippen LogP contribution in [0.2, 0.25) is 5.02 Å². The minimum Gasteiger partial charge on any atom is -0.506 e. The Morgan fingerprint density at radius 3 is 2.81 bits per heavy atom. The average Bonchev–Trinajstić information content (AvgIpc) is 2.75.